The zero-order valence-electron chi connectivity index (χ0n) is 15.0. The van der Waals surface area contributed by atoms with E-state index in [1.165, 1.54) is 5.56 Å². The van der Waals surface area contributed by atoms with Gasteiger partial charge in [-0.05, 0) is 60.6 Å². The molecule has 3 nitrogen and oxygen atoms in total. The van der Waals surface area contributed by atoms with Gasteiger partial charge >= 0.3 is 0 Å². The molecule has 0 amide bonds. The van der Waals surface area contributed by atoms with E-state index < -0.39 is 0 Å². The Labute approximate surface area is 147 Å². The normalized spacial score (nSPS) is 13.9. The Morgan fingerprint density at radius 1 is 0.960 bits per heavy atom. The maximum absolute atomic E-state index is 12.7. The van der Waals surface area contributed by atoms with Crippen LogP contribution in [0.1, 0.15) is 44.0 Å². The molecule has 3 heteroatoms. The average molecular weight is 333 g/mol. The Morgan fingerprint density at radius 2 is 1.68 bits per heavy atom. The van der Waals surface area contributed by atoms with Crippen molar-refractivity contribution in [3.8, 4) is 11.5 Å². The molecule has 1 aromatic heterocycles. The number of rotatable bonds is 2. The number of nitrogens with one attached hydrogen (secondary N) is 1. The summed E-state index contributed by atoms with van der Waals surface area (Å²) in [7, 11) is 0. The van der Waals surface area contributed by atoms with Gasteiger partial charge in [0.05, 0.1) is 0 Å². The third-order valence-electron chi connectivity index (χ3n) is 4.97. The number of H-pyrrole nitrogens is 1. The van der Waals surface area contributed by atoms with E-state index in [0.29, 0.717) is 11.1 Å². The molecule has 2 aromatic carbocycles. The van der Waals surface area contributed by atoms with Gasteiger partial charge in [-0.1, -0.05) is 32.9 Å². The lowest BCUT2D eigenvalue weighted by Gasteiger charge is -2.19. The zero-order chi connectivity index (χ0) is 17.6. The lowest BCUT2D eigenvalue weighted by molar-refractivity contribution is 0.482. The van der Waals surface area contributed by atoms with Gasteiger partial charge in [0, 0.05) is 22.2 Å². The van der Waals surface area contributed by atoms with Gasteiger partial charge in [-0.25, -0.2) is 0 Å². The number of hydrogen-bond donors (Lipinski definition) is 1. The Morgan fingerprint density at radius 3 is 2.40 bits per heavy atom. The summed E-state index contributed by atoms with van der Waals surface area (Å²) in [6, 6.07) is 13.9. The van der Waals surface area contributed by atoms with Gasteiger partial charge in [0.25, 0.3) is 0 Å². The number of aromatic amines is 1. The van der Waals surface area contributed by atoms with Crippen LogP contribution in [0.4, 0.5) is 0 Å². The topological polar surface area (TPSA) is 42.1 Å². The van der Waals surface area contributed by atoms with E-state index in [0.717, 1.165) is 41.8 Å². The SMILES string of the molecule is CC(C)(C)c1ccc(Oc2ccc3[nH]c4c(c(=O)c3c2)CCC4)cc1. The maximum Gasteiger partial charge on any atom is 0.192 e. The van der Waals surface area contributed by atoms with Crippen molar-refractivity contribution in [2.75, 3.05) is 0 Å². The van der Waals surface area contributed by atoms with Crippen LogP contribution in [0.2, 0.25) is 0 Å². The molecule has 0 spiro atoms. The third-order valence-corrected chi connectivity index (χ3v) is 4.97. The monoisotopic (exact) mass is 333 g/mol. The molecule has 0 bridgehead atoms. The van der Waals surface area contributed by atoms with Crippen LogP contribution in [0.5, 0.6) is 11.5 Å². The molecule has 0 unspecified atom stereocenters. The summed E-state index contributed by atoms with van der Waals surface area (Å²) in [5.41, 5.74) is 4.47. The first-order valence-electron chi connectivity index (χ1n) is 8.88. The van der Waals surface area contributed by atoms with E-state index in [1.807, 2.05) is 30.3 Å². The Kier molecular flexibility index (Phi) is 3.68. The smallest absolute Gasteiger partial charge is 0.192 e. The highest BCUT2D eigenvalue weighted by Crippen LogP contribution is 2.28. The first-order chi connectivity index (χ1) is 11.9. The van der Waals surface area contributed by atoms with Gasteiger partial charge in [0.1, 0.15) is 11.5 Å². The minimum absolute atomic E-state index is 0.120. The fourth-order valence-corrected chi connectivity index (χ4v) is 3.50. The summed E-state index contributed by atoms with van der Waals surface area (Å²) in [4.78, 5) is 16.1. The molecule has 0 aliphatic heterocycles. The van der Waals surface area contributed by atoms with Crippen molar-refractivity contribution >= 4 is 10.9 Å². The second-order valence-corrected chi connectivity index (χ2v) is 7.85. The largest absolute Gasteiger partial charge is 0.457 e. The molecule has 3 aromatic rings. The molecule has 25 heavy (non-hydrogen) atoms. The number of fused-ring (bicyclic) bond motifs is 2. The van der Waals surface area contributed by atoms with Gasteiger partial charge in [0.2, 0.25) is 0 Å². The predicted octanol–water partition coefficient (Wildman–Crippen LogP) is 5.11. The van der Waals surface area contributed by atoms with Crippen molar-refractivity contribution in [1.82, 2.24) is 4.98 Å². The molecule has 4 rings (SSSR count). The van der Waals surface area contributed by atoms with Crippen molar-refractivity contribution in [3.05, 3.63) is 69.5 Å². The Hall–Kier alpha value is -2.55. The lowest BCUT2D eigenvalue weighted by Crippen LogP contribution is -2.10. The fourth-order valence-electron chi connectivity index (χ4n) is 3.50. The van der Waals surface area contributed by atoms with Crippen molar-refractivity contribution in [2.24, 2.45) is 0 Å². The van der Waals surface area contributed by atoms with Crippen LogP contribution in [0.15, 0.2) is 47.3 Å². The van der Waals surface area contributed by atoms with E-state index >= 15 is 0 Å². The molecule has 1 aliphatic carbocycles. The Balaban J connectivity index is 1.67. The summed E-state index contributed by atoms with van der Waals surface area (Å²) in [6.45, 7) is 6.57. The summed E-state index contributed by atoms with van der Waals surface area (Å²) in [5.74, 6) is 1.48. The molecule has 0 saturated heterocycles. The second-order valence-electron chi connectivity index (χ2n) is 7.85. The van der Waals surface area contributed by atoms with E-state index in [4.69, 9.17) is 4.74 Å². The number of aryl methyl sites for hydroxylation is 1. The number of aromatic nitrogens is 1. The Bertz CT molecular complexity index is 991. The second kappa shape index (κ2) is 5.76. The van der Waals surface area contributed by atoms with Crippen molar-refractivity contribution < 1.29 is 4.74 Å². The molecule has 1 N–H and O–H groups in total. The van der Waals surface area contributed by atoms with Crippen molar-refractivity contribution in [1.29, 1.82) is 0 Å². The van der Waals surface area contributed by atoms with Crippen molar-refractivity contribution in [3.63, 3.8) is 0 Å². The van der Waals surface area contributed by atoms with Crippen LogP contribution in [0, 0.1) is 0 Å². The molecule has 0 atom stereocenters. The van der Waals surface area contributed by atoms with Gasteiger partial charge in [-0.3, -0.25) is 4.79 Å². The lowest BCUT2D eigenvalue weighted by atomic mass is 9.87. The predicted molar refractivity (Wildman–Crippen MR) is 102 cm³/mol. The average Bonchev–Trinajstić information content (AvgIpc) is 3.04. The van der Waals surface area contributed by atoms with Crippen LogP contribution in [0.3, 0.4) is 0 Å². The molecule has 0 radical (unpaired) electrons. The molecule has 128 valence electrons. The van der Waals surface area contributed by atoms with Gasteiger partial charge in [-0.15, -0.1) is 0 Å². The first kappa shape index (κ1) is 15.9. The number of pyridine rings is 1. The van der Waals surface area contributed by atoms with Crippen LogP contribution in [0.25, 0.3) is 10.9 Å². The number of ether oxygens (including phenoxy) is 1. The van der Waals surface area contributed by atoms with Gasteiger partial charge in [0.15, 0.2) is 5.43 Å². The van der Waals surface area contributed by atoms with Crippen LogP contribution < -0.4 is 10.2 Å². The van der Waals surface area contributed by atoms with Crippen molar-refractivity contribution in [2.45, 2.75) is 45.4 Å². The highest BCUT2D eigenvalue weighted by Gasteiger charge is 2.17. The number of hydrogen-bond acceptors (Lipinski definition) is 2. The summed E-state index contributed by atoms with van der Waals surface area (Å²) in [5, 5.41) is 0.712. The quantitative estimate of drug-likeness (QED) is 0.708. The number of benzene rings is 2. The van der Waals surface area contributed by atoms with E-state index in [1.54, 1.807) is 0 Å². The minimum Gasteiger partial charge on any atom is -0.457 e. The highest BCUT2D eigenvalue weighted by molar-refractivity contribution is 5.81. The summed E-state index contributed by atoms with van der Waals surface area (Å²) < 4.78 is 5.98. The van der Waals surface area contributed by atoms with Crippen LogP contribution in [-0.2, 0) is 18.3 Å². The van der Waals surface area contributed by atoms with E-state index in [-0.39, 0.29) is 10.8 Å². The van der Waals surface area contributed by atoms with E-state index in [2.05, 4.69) is 37.9 Å². The molecule has 0 saturated carbocycles. The third kappa shape index (κ3) is 2.95. The fraction of sp³-hybridized carbons (Fsp3) is 0.318. The maximum atomic E-state index is 12.7. The molecule has 1 aliphatic rings. The standard InChI is InChI=1S/C22H23NO2/c1-22(2,3)14-7-9-15(10-8-14)25-16-11-12-20-18(13-16)21(24)17-5-4-6-19(17)23-20/h7-13H,4-6H2,1-3H3,(H,23,24). The molecule has 0 fully saturated rings. The minimum atomic E-state index is 0.120. The molecular weight excluding hydrogens is 310 g/mol. The van der Waals surface area contributed by atoms with Crippen LogP contribution >= 0.6 is 0 Å². The first-order valence-corrected chi connectivity index (χ1v) is 8.88. The molecular formula is C22H23NO2. The highest BCUT2D eigenvalue weighted by atomic mass is 16.5. The molecule has 1 heterocycles. The summed E-state index contributed by atoms with van der Waals surface area (Å²) in [6.07, 6.45) is 2.90. The zero-order valence-corrected chi connectivity index (χ0v) is 15.0. The van der Waals surface area contributed by atoms with Gasteiger partial charge in [-0.2, -0.15) is 0 Å². The van der Waals surface area contributed by atoms with Gasteiger partial charge < -0.3 is 9.72 Å². The van der Waals surface area contributed by atoms with Crippen LogP contribution in [-0.4, -0.2) is 4.98 Å². The summed E-state index contributed by atoms with van der Waals surface area (Å²) >= 11 is 0. The van der Waals surface area contributed by atoms with E-state index in [9.17, 15) is 4.79 Å².